The fourth-order valence-electron chi connectivity index (χ4n) is 3.64. The number of aromatic nitrogens is 2. The molecule has 1 fully saturated rings. The second-order valence-electron chi connectivity index (χ2n) is 7.32. The van der Waals surface area contributed by atoms with Crippen LogP contribution in [0.2, 0.25) is 0 Å². The van der Waals surface area contributed by atoms with E-state index in [0.717, 1.165) is 43.7 Å². The van der Waals surface area contributed by atoms with Gasteiger partial charge in [0, 0.05) is 31.6 Å². The van der Waals surface area contributed by atoms with Crippen molar-refractivity contribution in [1.29, 1.82) is 0 Å². The summed E-state index contributed by atoms with van der Waals surface area (Å²) in [6.45, 7) is 1.81. The molecule has 1 aliphatic rings. The number of hydrogen-bond donors (Lipinski definition) is 2. The third-order valence-corrected chi connectivity index (χ3v) is 5.13. The third kappa shape index (κ3) is 4.67. The molecule has 0 radical (unpaired) electrons. The topological polar surface area (TPSA) is 61.0 Å². The lowest BCUT2D eigenvalue weighted by Crippen LogP contribution is -2.45. The van der Waals surface area contributed by atoms with Crippen LogP contribution in [-0.2, 0) is 12.8 Å². The number of piperidine rings is 1. The molecular weight excluding hydrogens is 348 g/mol. The SMILES string of the molecule is O=C(NN1CCCCC1)c1nc(Cc2ccccc2)c(Cc2ccccc2)[nH]1. The van der Waals surface area contributed by atoms with E-state index in [9.17, 15) is 4.79 Å². The summed E-state index contributed by atoms with van der Waals surface area (Å²) in [5, 5.41) is 2.00. The highest BCUT2D eigenvalue weighted by Crippen LogP contribution is 2.17. The summed E-state index contributed by atoms with van der Waals surface area (Å²) in [7, 11) is 0. The number of rotatable bonds is 6. The molecule has 3 aromatic rings. The van der Waals surface area contributed by atoms with Crippen LogP contribution in [0.25, 0.3) is 0 Å². The number of benzene rings is 2. The number of carbonyl (C=O) groups is 1. The Bertz CT molecular complexity index is 840. The molecule has 2 heterocycles. The molecule has 1 aromatic heterocycles. The molecule has 1 saturated heterocycles. The molecule has 4 rings (SSSR count). The van der Waals surface area contributed by atoms with Crippen LogP contribution < -0.4 is 5.43 Å². The van der Waals surface area contributed by atoms with E-state index >= 15 is 0 Å². The first-order valence-electron chi connectivity index (χ1n) is 9.99. The monoisotopic (exact) mass is 374 g/mol. The number of nitrogens with one attached hydrogen (secondary N) is 2. The molecule has 5 nitrogen and oxygen atoms in total. The van der Waals surface area contributed by atoms with Crippen LogP contribution in [0.1, 0.15) is 52.4 Å². The van der Waals surface area contributed by atoms with Gasteiger partial charge < -0.3 is 4.98 Å². The predicted molar refractivity (Wildman–Crippen MR) is 110 cm³/mol. The van der Waals surface area contributed by atoms with E-state index in [2.05, 4.69) is 39.7 Å². The van der Waals surface area contributed by atoms with Crippen LogP contribution in [0, 0.1) is 0 Å². The van der Waals surface area contributed by atoms with Gasteiger partial charge in [-0.15, -0.1) is 0 Å². The smallest absolute Gasteiger partial charge is 0.301 e. The zero-order valence-corrected chi connectivity index (χ0v) is 16.0. The molecule has 0 aliphatic carbocycles. The maximum Gasteiger partial charge on any atom is 0.301 e. The van der Waals surface area contributed by atoms with Gasteiger partial charge in [0.1, 0.15) is 0 Å². The van der Waals surface area contributed by atoms with Gasteiger partial charge in [0.2, 0.25) is 0 Å². The van der Waals surface area contributed by atoms with Crippen molar-refractivity contribution in [3.8, 4) is 0 Å². The van der Waals surface area contributed by atoms with E-state index in [0.29, 0.717) is 12.2 Å². The van der Waals surface area contributed by atoms with Crippen molar-refractivity contribution >= 4 is 5.91 Å². The minimum Gasteiger partial charge on any atom is -0.337 e. The lowest BCUT2D eigenvalue weighted by Gasteiger charge is -2.26. The predicted octanol–water partition coefficient (Wildman–Crippen LogP) is 3.72. The molecule has 0 atom stereocenters. The second-order valence-corrected chi connectivity index (χ2v) is 7.32. The Kier molecular flexibility index (Phi) is 5.83. The second kappa shape index (κ2) is 8.85. The standard InChI is InChI=1S/C23H26N4O/c28-23(26-27-14-8-3-9-15-27)22-24-20(16-18-10-4-1-5-11-18)21(25-22)17-19-12-6-2-7-13-19/h1-2,4-7,10-13H,3,8-9,14-17H2,(H,24,25)(H,26,28). The first-order chi connectivity index (χ1) is 13.8. The van der Waals surface area contributed by atoms with E-state index < -0.39 is 0 Å². The van der Waals surface area contributed by atoms with Gasteiger partial charge in [-0.3, -0.25) is 10.2 Å². The fourth-order valence-corrected chi connectivity index (χ4v) is 3.64. The Morgan fingerprint density at radius 3 is 2.14 bits per heavy atom. The normalized spacial score (nSPS) is 14.7. The lowest BCUT2D eigenvalue weighted by molar-refractivity contribution is 0.0739. The van der Waals surface area contributed by atoms with Crippen molar-refractivity contribution in [2.24, 2.45) is 0 Å². The van der Waals surface area contributed by atoms with E-state index in [4.69, 9.17) is 0 Å². The van der Waals surface area contributed by atoms with E-state index in [1.54, 1.807) is 0 Å². The van der Waals surface area contributed by atoms with Gasteiger partial charge in [-0.2, -0.15) is 0 Å². The van der Waals surface area contributed by atoms with Gasteiger partial charge in [-0.1, -0.05) is 67.1 Å². The molecule has 1 amide bonds. The lowest BCUT2D eigenvalue weighted by atomic mass is 10.0. The van der Waals surface area contributed by atoms with Gasteiger partial charge in [0.05, 0.1) is 5.69 Å². The van der Waals surface area contributed by atoms with Crippen molar-refractivity contribution in [3.05, 3.63) is 89.0 Å². The maximum absolute atomic E-state index is 12.7. The summed E-state index contributed by atoms with van der Waals surface area (Å²) in [5.74, 6) is 0.234. The summed E-state index contributed by atoms with van der Waals surface area (Å²) >= 11 is 0. The summed E-state index contributed by atoms with van der Waals surface area (Å²) in [5.41, 5.74) is 7.32. The van der Waals surface area contributed by atoms with Crippen LogP contribution >= 0.6 is 0 Å². The van der Waals surface area contributed by atoms with Crippen LogP contribution in [0.4, 0.5) is 0 Å². The van der Waals surface area contributed by atoms with Crippen molar-refractivity contribution < 1.29 is 4.79 Å². The molecule has 5 heteroatoms. The van der Waals surface area contributed by atoms with Crippen LogP contribution in [0.3, 0.4) is 0 Å². The van der Waals surface area contributed by atoms with E-state index in [-0.39, 0.29) is 5.91 Å². The molecular formula is C23H26N4O. The van der Waals surface area contributed by atoms with Gasteiger partial charge in [0.25, 0.3) is 0 Å². The van der Waals surface area contributed by atoms with Crippen LogP contribution in [-0.4, -0.2) is 34.0 Å². The van der Waals surface area contributed by atoms with Crippen LogP contribution in [0.5, 0.6) is 0 Å². The number of hydrogen-bond acceptors (Lipinski definition) is 3. The Morgan fingerprint density at radius 1 is 0.893 bits per heavy atom. The zero-order chi connectivity index (χ0) is 19.2. The summed E-state index contributed by atoms with van der Waals surface area (Å²) in [6, 6.07) is 20.5. The molecule has 0 saturated carbocycles. The molecule has 28 heavy (non-hydrogen) atoms. The summed E-state index contributed by atoms with van der Waals surface area (Å²) < 4.78 is 0. The summed E-state index contributed by atoms with van der Waals surface area (Å²) in [6.07, 6.45) is 4.91. The van der Waals surface area contributed by atoms with Crippen LogP contribution in [0.15, 0.2) is 60.7 Å². The summed E-state index contributed by atoms with van der Waals surface area (Å²) in [4.78, 5) is 20.7. The van der Waals surface area contributed by atoms with Gasteiger partial charge >= 0.3 is 5.91 Å². The number of imidazole rings is 1. The average Bonchev–Trinajstić information content (AvgIpc) is 3.13. The largest absolute Gasteiger partial charge is 0.337 e. The quantitative estimate of drug-likeness (QED) is 0.691. The first kappa shape index (κ1) is 18.4. The van der Waals surface area contributed by atoms with Gasteiger partial charge in [0.15, 0.2) is 5.82 Å². The van der Waals surface area contributed by atoms with Gasteiger partial charge in [-0.25, -0.2) is 9.99 Å². The molecule has 2 N–H and O–H groups in total. The number of hydrazine groups is 1. The molecule has 0 spiro atoms. The third-order valence-electron chi connectivity index (χ3n) is 5.13. The highest BCUT2D eigenvalue weighted by atomic mass is 16.2. The first-order valence-corrected chi connectivity index (χ1v) is 9.99. The van der Waals surface area contributed by atoms with Gasteiger partial charge in [-0.05, 0) is 24.0 Å². The van der Waals surface area contributed by atoms with Crippen molar-refractivity contribution in [2.75, 3.05) is 13.1 Å². The maximum atomic E-state index is 12.7. The molecule has 0 bridgehead atoms. The zero-order valence-electron chi connectivity index (χ0n) is 16.0. The van der Waals surface area contributed by atoms with E-state index in [1.807, 2.05) is 41.4 Å². The Labute approximate surface area is 165 Å². The number of aromatic amines is 1. The molecule has 2 aromatic carbocycles. The molecule has 0 unspecified atom stereocenters. The number of amides is 1. The highest BCUT2D eigenvalue weighted by molar-refractivity contribution is 5.90. The Hall–Kier alpha value is -2.92. The minimum atomic E-state index is -0.157. The number of nitrogens with zero attached hydrogens (tertiary/aromatic N) is 2. The fraction of sp³-hybridized carbons (Fsp3) is 0.304. The average molecular weight is 374 g/mol. The van der Waals surface area contributed by atoms with Crippen molar-refractivity contribution in [2.45, 2.75) is 32.1 Å². The highest BCUT2D eigenvalue weighted by Gasteiger charge is 2.19. The Morgan fingerprint density at radius 2 is 1.50 bits per heavy atom. The Balaban J connectivity index is 1.56. The molecule has 1 aliphatic heterocycles. The van der Waals surface area contributed by atoms with Crippen molar-refractivity contribution in [3.63, 3.8) is 0 Å². The number of H-pyrrole nitrogens is 1. The number of carbonyl (C=O) groups excluding carboxylic acids is 1. The van der Waals surface area contributed by atoms with Crippen molar-refractivity contribution in [1.82, 2.24) is 20.4 Å². The van der Waals surface area contributed by atoms with E-state index in [1.165, 1.54) is 17.5 Å². The minimum absolute atomic E-state index is 0.157. The molecule has 144 valence electrons.